The SMILES string of the molecule is COc1ccccc1-n1c([O-])c(Cc2ccccc2)c(=O)[nH]c1=O. The summed E-state index contributed by atoms with van der Waals surface area (Å²) in [6.07, 6.45) is 0.143. The number of nitrogens with one attached hydrogen (secondary N) is 1. The Morgan fingerprint density at radius 3 is 2.42 bits per heavy atom. The zero-order chi connectivity index (χ0) is 17.1. The van der Waals surface area contributed by atoms with Gasteiger partial charge in [-0.15, -0.1) is 0 Å². The van der Waals surface area contributed by atoms with Crippen LogP contribution in [0.25, 0.3) is 5.69 Å². The van der Waals surface area contributed by atoms with Crippen molar-refractivity contribution in [2.45, 2.75) is 6.42 Å². The van der Waals surface area contributed by atoms with Gasteiger partial charge in [0, 0.05) is 12.0 Å². The number of hydrogen-bond acceptors (Lipinski definition) is 4. The lowest BCUT2D eigenvalue weighted by Gasteiger charge is -2.21. The van der Waals surface area contributed by atoms with Crippen LogP contribution in [-0.4, -0.2) is 16.7 Å². The van der Waals surface area contributed by atoms with Crippen molar-refractivity contribution in [3.63, 3.8) is 0 Å². The molecule has 0 saturated heterocycles. The highest BCUT2D eigenvalue weighted by atomic mass is 16.5. The molecule has 0 bridgehead atoms. The number of aromatic nitrogens is 2. The standard InChI is InChI=1S/C18H16N2O4/c1-24-15-10-6-5-9-14(15)20-17(22)13(16(21)19-18(20)23)11-12-7-3-2-4-8-12/h2-10,22H,11H2,1H3,(H,19,21,23)/p-1. The second kappa shape index (κ2) is 6.45. The van der Waals surface area contributed by atoms with Gasteiger partial charge in [0.1, 0.15) is 5.75 Å². The minimum absolute atomic E-state index is 0.00621. The monoisotopic (exact) mass is 323 g/mol. The fraction of sp³-hybridized carbons (Fsp3) is 0.111. The van der Waals surface area contributed by atoms with E-state index in [0.29, 0.717) is 11.4 Å². The van der Waals surface area contributed by atoms with Crippen LogP contribution < -0.4 is 21.1 Å². The van der Waals surface area contributed by atoms with E-state index in [1.165, 1.54) is 7.11 Å². The van der Waals surface area contributed by atoms with Gasteiger partial charge in [-0.3, -0.25) is 14.3 Å². The quantitative estimate of drug-likeness (QED) is 0.781. The maximum absolute atomic E-state index is 12.8. The predicted octanol–water partition coefficient (Wildman–Crippen LogP) is 1.20. The molecule has 0 radical (unpaired) electrons. The Bertz CT molecular complexity index is 974. The van der Waals surface area contributed by atoms with E-state index in [-0.39, 0.29) is 12.0 Å². The van der Waals surface area contributed by atoms with Crippen LogP contribution in [0.15, 0.2) is 64.2 Å². The smallest absolute Gasteiger partial charge is 0.332 e. The second-order valence-corrected chi connectivity index (χ2v) is 5.21. The summed E-state index contributed by atoms with van der Waals surface area (Å²) in [6.45, 7) is 0. The molecule has 2 aromatic carbocycles. The van der Waals surface area contributed by atoms with Crippen LogP contribution in [0.4, 0.5) is 0 Å². The second-order valence-electron chi connectivity index (χ2n) is 5.21. The van der Waals surface area contributed by atoms with Gasteiger partial charge in [-0.05, 0) is 23.6 Å². The van der Waals surface area contributed by atoms with Crippen molar-refractivity contribution in [3.05, 3.63) is 86.6 Å². The van der Waals surface area contributed by atoms with Gasteiger partial charge in [0.15, 0.2) is 0 Å². The summed E-state index contributed by atoms with van der Waals surface area (Å²) in [4.78, 5) is 26.5. The van der Waals surface area contributed by atoms with Crippen molar-refractivity contribution in [3.8, 4) is 17.3 Å². The molecule has 0 spiro atoms. The number of para-hydroxylation sites is 2. The highest BCUT2D eigenvalue weighted by molar-refractivity contribution is 5.49. The number of nitrogens with zero attached hydrogens (tertiary/aromatic N) is 1. The molecule has 3 aromatic rings. The molecule has 1 heterocycles. The van der Waals surface area contributed by atoms with E-state index in [9.17, 15) is 14.7 Å². The maximum Gasteiger partial charge on any atom is 0.332 e. The number of methoxy groups -OCH3 is 1. The van der Waals surface area contributed by atoms with Crippen LogP contribution in [0.5, 0.6) is 11.6 Å². The Kier molecular flexibility index (Phi) is 4.20. The van der Waals surface area contributed by atoms with Gasteiger partial charge >= 0.3 is 5.69 Å². The molecule has 24 heavy (non-hydrogen) atoms. The van der Waals surface area contributed by atoms with E-state index in [1.54, 1.807) is 24.3 Å². The van der Waals surface area contributed by atoms with Crippen molar-refractivity contribution in [1.29, 1.82) is 0 Å². The third-order valence-corrected chi connectivity index (χ3v) is 3.71. The molecule has 0 aliphatic rings. The number of hydrogen-bond donors (Lipinski definition) is 1. The van der Waals surface area contributed by atoms with Crippen molar-refractivity contribution in [2.75, 3.05) is 7.11 Å². The van der Waals surface area contributed by atoms with Crippen molar-refractivity contribution < 1.29 is 9.84 Å². The summed E-state index contributed by atoms with van der Waals surface area (Å²) >= 11 is 0. The number of rotatable bonds is 4. The van der Waals surface area contributed by atoms with E-state index in [4.69, 9.17) is 4.74 Å². The Labute approximate surface area is 137 Å². The highest BCUT2D eigenvalue weighted by Gasteiger charge is 2.13. The molecule has 3 rings (SSSR count). The summed E-state index contributed by atoms with van der Waals surface area (Å²) in [7, 11) is 1.45. The van der Waals surface area contributed by atoms with Crippen molar-refractivity contribution in [1.82, 2.24) is 9.55 Å². The van der Waals surface area contributed by atoms with Crippen LogP contribution in [0.2, 0.25) is 0 Å². The molecule has 0 fully saturated rings. The Hall–Kier alpha value is -3.28. The minimum Gasteiger partial charge on any atom is -0.859 e. The van der Waals surface area contributed by atoms with Gasteiger partial charge in [-0.25, -0.2) is 4.79 Å². The summed E-state index contributed by atoms with van der Waals surface area (Å²) in [5.74, 6) is -0.272. The van der Waals surface area contributed by atoms with Crippen LogP contribution in [0.1, 0.15) is 11.1 Å². The predicted molar refractivity (Wildman–Crippen MR) is 87.9 cm³/mol. The average molecular weight is 323 g/mol. The third-order valence-electron chi connectivity index (χ3n) is 3.71. The van der Waals surface area contributed by atoms with Crippen LogP contribution in [0.3, 0.4) is 0 Å². The molecule has 1 aromatic heterocycles. The highest BCUT2D eigenvalue weighted by Crippen LogP contribution is 2.24. The largest absolute Gasteiger partial charge is 0.859 e. The number of ether oxygens (including phenoxy) is 1. The molecule has 122 valence electrons. The fourth-order valence-corrected chi connectivity index (χ4v) is 2.54. The molecule has 1 N–H and O–H groups in total. The van der Waals surface area contributed by atoms with E-state index < -0.39 is 17.1 Å². The first kappa shape index (κ1) is 15.6. The first-order valence-electron chi connectivity index (χ1n) is 7.34. The Balaban J connectivity index is 2.20. The summed E-state index contributed by atoms with van der Waals surface area (Å²) in [6, 6.07) is 15.8. The number of H-pyrrole nitrogens is 1. The van der Waals surface area contributed by atoms with Crippen LogP contribution in [0, 0.1) is 0 Å². The van der Waals surface area contributed by atoms with Gasteiger partial charge in [-0.2, -0.15) is 0 Å². The molecule has 0 amide bonds. The molecule has 0 aliphatic heterocycles. The number of aromatic amines is 1. The lowest BCUT2D eigenvalue weighted by Crippen LogP contribution is -2.34. The zero-order valence-corrected chi connectivity index (χ0v) is 13.0. The molecule has 0 aliphatic carbocycles. The molecule has 0 unspecified atom stereocenters. The van der Waals surface area contributed by atoms with Crippen LogP contribution >= 0.6 is 0 Å². The topological polar surface area (TPSA) is 87.2 Å². The van der Waals surface area contributed by atoms with Crippen molar-refractivity contribution in [2.24, 2.45) is 0 Å². The summed E-state index contributed by atoms with van der Waals surface area (Å²) in [5, 5.41) is 12.8. The molecule has 6 heteroatoms. The molecular weight excluding hydrogens is 308 g/mol. The van der Waals surface area contributed by atoms with E-state index >= 15 is 0 Å². The lowest BCUT2D eigenvalue weighted by atomic mass is 10.1. The maximum atomic E-state index is 12.8. The van der Waals surface area contributed by atoms with E-state index in [2.05, 4.69) is 4.98 Å². The molecule has 0 atom stereocenters. The van der Waals surface area contributed by atoms with Crippen LogP contribution in [-0.2, 0) is 6.42 Å². The van der Waals surface area contributed by atoms with E-state index in [1.807, 2.05) is 30.3 Å². The molecular formula is C18H15N2O4-. The molecule has 6 nitrogen and oxygen atoms in total. The molecule has 0 saturated carbocycles. The number of benzene rings is 2. The average Bonchev–Trinajstić information content (AvgIpc) is 2.60. The van der Waals surface area contributed by atoms with Crippen molar-refractivity contribution >= 4 is 0 Å². The van der Waals surface area contributed by atoms with Gasteiger partial charge in [-0.1, -0.05) is 42.5 Å². The first-order chi connectivity index (χ1) is 11.6. The minimum atomic E-state index is -0.786. The Morgan fingerprint density at radius 1 is 1.04 bits per heavy atom. The zero-order valence-electron chi connectivity index (χ0n) is 13.0. The van der Waals surface area contributed by atoms with Gasteiger partial charge in [0.25, 0.3) is 5.56 Å². The van der Waals surface area contributed by atoms with Gasteiger partial charge in [0.05, 0.1) is 12.8 Å². The fourth-order valence-electron chi connectivity index (χ4n) is 2.54. The normalized spacial score (nSPS) is 10.5. The lowest BCUT2D eigenvalue weighted by molar-refractivity contribution is -0.279. The summed E-state index contributed by atoms with van der Waals surface area (Å²) < 4.78 is 6.14. The van der Waals surface area contributed by atoms with Gasteiger partial charge in [0.2, 0.25) is 0 Å². The first-order valence-corrected chi connectivity index (χ1v) is 7.34. The van der Waals surface area contributed by atoms with Gasteiger partial charge < -0.3 is 9.84 Å². The van der Waals surface area contributed by atoms with E-state index in [0.717, 1.165) is 10.1 Å². The summed E-state index contributed by atoms with van der Waals surface area (Å²) in [5.41, 5.74) is -0.344. The third kappa shape index (κ3) is 2.81. The Morgan fingerprint density at radius 2 is 1.71 bits per heavy atom.